The molecular weight excluding hydrogens is 254 g/mol. The number of rotatable bonds is 4. The molecule has 0 aliphatic carbocycles. The molecule has 2 aromatic carbocycles. The lowest BCUT2D eigenvalue weighted by atomic mass is 10.2. The molecule has 3 rings (SSSR count). The van der Waals surface area contributed by atoms with Gasteiger partial charge >= 0.3 is 0 Å². The zero-order valence-corrected chi connectivity index (χ0v) is 11.4. The highest BCUT2D eigenvalue weighted by molar-refractivity contribution is 7.99. The van der Waals surface area contributed by atoms with Crippen LogP contribution in [-0.2, 0) is 4.74 Å². The van der Waals surface area contributed by atoms with Crippen LogP contribution in [0.25, 0.3) is 0 Å². The van der Waals surface area contributed by atoms with Gasteiger partial charge in [0, 0.05) is 9.79 Å². The molecule has 1 heterocycles. The molecule has 0 bridgehead atoms. The maximum atomic E-state index is 5.28. The van der Waals surface area contributed by atoms with Gasteiger partial charge in [0.2, 0.25) is 0 Å². The summed E-state index contributed by atoms with van der Waals surface area (Å²) < 4.78 is 5.28. The molecule has 1 aliphatic heterocycles. The van der Waals surface area contributed by atoms with Crippen molar-refractivity contribution < 1.29 is 4.74 Å². The second-order valence-electron chi connectivity index (χ2n) is 4.23. The highest BCUT2D eigenvalue weighted by Crippen LogP contribution is 2.47. The molecule has 2 nitrogen and oxygen atoms in total. The first-order valence-electron chi connectivity index (χ1n) is 6.26. The summed E-state index contributed by atoms with van der Waals surface area (Å²) in [4.78, 5) is 4.89. The Morgan fingerprint density at radius 1 is 1.00 bits per heavy atom. The molecule has 0 spiro atoms. The fourth-order valence-electron chi connectivity index (χ4n) is 2.25. The van der Waals surface area contributed by atoms with Crippen LogP contribution in [0, 0.1) is 0 Å². The number of nitrogens with zero attached hydrogens (tertiary/aromatic N) is 1. The van der Waals surface area contributed by atoms with Crippen LogP contribution >= 0.6 is 11.8 Å². The highest BCUT2D eigenvalue weighted by atomic mass is 32.2. The second kappa shape index (κ2) is 5.41. The van der Waals surface area contributed by atoms with Crippen molar-refractivity contribution >= 4 is 23.1 Å². The van der Waals surface area contributed by atoms with Crippen molar-refractivity contribution in [1.29, 1.82) is 0 Å². The average Bonchev–Trinajstić information content (AvgIpc) is 2.46. The van der Waals surface area contributed by atoms with Crippen LogP contribution in [0.2, 0.25) is 0 Å². The number of anilines is 2. The van der Waals surface area contributed by atoms with Gasteiger partial charge in [-0.15, -0.1) is 0 Å². The van der Waals surface area contributed by atoms with Crippen molar-refractivity contribution in [3.63, 3.8) is 0 Å². The summed E-state index contributed by atoms with van der Waals surface area (Å²) in [6, 6.07) is 17.0. The van der Waals surface area contributed by atoms with E-state index < -0.39 is 0 Å². The zero-order valence-electron chi connectivity index (χ0n) is 10.6. The Morgan fingerprint density at radius 3 is 2.16 bits per heavy atom. The minimum Gasteiger partial charge on any atom is -0.500 e. The van der Waals surface area contributed by atoms with Gasteiger partial charge < -0.3 is 9.64 Å². The van der Waals surface area contributed by atoms with E-state index in [4.69, 9.17) is 4.74 Å². The molecule has 1 aliphatic rings. The normalized spacial score (nSPS) is 12.5. The number of ether oxygens (including phenoxy) is 1. The molecule has 0 amide bonds. The highest BCUT2D eigenvalue weighted by Gasteiger charge is 2.22. The Bertz CT molecular complexity index is 551. The van der Waals surface area contributed by atoms with Gasteiger partial charge in [0.15, 0.2) is 0 Å². The van der Waals surface area contributed by atoms with Gasteiger partial charge in [0.25, 0.3) is 0 Å². The molecule has 0 radical (unpaired) electrons. The van der Waals surface area contributed by atoms with Crippen molar-refractivity contribution in [3.8, 4) is 0 Å². The van der Waals surface area contributed by atoms with E-state index in [1.165, 1.54) is 27.4 Å². The summed E-state index contributed by atoms with van der Waals surface area (Å²) in [5, 5.41) is 0. The molecule has 0 aromatic heterocycles. The molecule has 96 valence electrons. The van der Waals surface area contributed by atoms with Gasteiger partial charge in [0.05, 0.1) is 24.2 Å². The molecule has 0 N–H and O–H groups in total. The first-order chi connectivity index (χ1) is 9.40. The lowest BCUT2D eigenvalue weighted by Gasteiger charge is -2.32. The molecule has 19 heavy (non-hydrogen) atoms. The fourth-order valence-corrected chi connectivity index (χ4v) is 3.35. The predicted molar refractivity (Wildman–Crippen MR) is 80.2 cm³/mol. The van der Waals surface area contributed by atoms with Gasteiger partial charge in [-0.2, -0.15) is 0 Å². The van der Waals surface area contributed by atoms with Gasteiger partial charge in [0.1, 0.15) is 6.61 Å². The van der Waals surface area contributed by atoms with E-state index >= 15 is 0 Å². The largest absolute Gasteiger partial charge is 0.500 e. The Kier molecular flexibility index (Phi) is 3.47. The third kappa shape index (κ3) is 2.34. The van der Waals surface area contributed by atoms with Crippen molar-refractivity contribution in [2.75, 3.05) is 18.1 Å². The number of benzene rings is 2. The molecular formula is C16H15NOS. The van der Waals surface area contributed by atoms with E-state index in [-0.39, 0.29) is 0 Å². The van der Waals surface area contributed by atoms with Crippen molar-refractivity contribution in [2.45, 2.75) is 9.79 Å². The van der Waals surface area contributed by atoms with Crippen LogP contribution in [0.4, 0.5) is 11.4 Å². The van der Waals surface area contributed by atoms with Gasteiger partial charge in [-0.1, -0.05) is 42.6 Å². The number of fused-ring (bicyclic) bond motifs is 2. The van der Waals surface area contributed by atoms with Crippen LogP contribution in [0.1, 0.15) is 0 Å². The molecule has 0 saturated carbocycles. The van der Waals surface area contributed by atoms with Crippen LogP contribution in [0.5, 0.6) is 0 Å². The summed E-state index contributed by atoms with van der Waals surface area (Å²) in [6.07, 6.45) is 1.50. The molecule has 2 aromatic rings. The minimum atomic E-state index is 0.636. The molecule has 0 atom stereocenters. The van der Waals surface area contributed by atoms with E-state index in [2.05, 4.69) is 60.0 Å². The lowest BCUT2D eigenvalue weighted by molar-refractivity contribution is 0.260. The zero-order chi connectivity index (χ0) is 13.1. The van der Waals surface area contributed by atoms with E-state index in [1.54, 1.807) is 0 Å². The van der Waals surface area contributed by atoms with E-state index in [0.29, 0.717) is 6.61 Å². The average molecular weight is 269 g/mol. The van der Waals surface area contributed by atoms with Gasteiger partial charge in [-0.3, -0.25) is 0 Å². The Morgan fingerprint density at radius 2 is 1.58 bits per heavy atom. The quantitative estimate of drug-likeness (QED) is 0.601. The smallest absolute Gasteiger partial charge is 0.105 e. The number of hydrogen-bond donors (Lipinski definition) is 0. The lowest BCUT2D eigenvalue weighted by Crippen LogP contribution is -2.24. The third-order valence-corrected chi connectivity index (χ3v) is 4.21. The van der Waals surface area contributed by atoms with E-state index in [9.17, 15) is 0 Å². The molecule has 0 unspecified atom stereocenters. The van der Waals surface area contributed by atoms with E-state index in [0.717, 1.165) is 6.54 Å². The number of para-hydroxylation sites is 2. The van der Waals surface area contributed by atoms with Gasteiger partial charge in [-0.25, -0.2) is 0 Å². The maximum Gasteiger partial charge on any atom is 0.105 e. The molecule has 0 saturated heterocycles. The SMILES string of the molecule is C=COCCN1c2ccccc2Sc2ccccc21. The molecule has 0 fully saturated rings. The Balaban J connectivity index is 1.98. The van der Waals surface area contributed by atoms with Crippen molar-refractivity contribution in [1.82, 2.24) is 0 Å². The van der Waals surface area contributed by atoms with Crippen molar-refractivity contribution in [2.24, 2.45) is 0 Å². The Labute approximate surface area is 117 Å². The summed E-state index contributed by atoms with van der Waals surface area (Å²) in [5.74, 6) is 0. The van der Waals surface area contributed by atoms with Crippen LogP contribution in [0.15, 0.2) is 71.2 Å². The second-order valence-corrected chi connectivity index (χ2v) is 5.31. The van der Waals surface area contributed by atoms with Crippen molar-refractivity contribution in [3.05, 3.63) is 61.4 Å². The van der Waals surface area contributed by atoms with Gasteiger partial charge in [-0.05, 0) is 24.3 Å². The fraction of sp³-hybridized carbons (Fsp3) is 0.125. The summed E-state index contributed by atoms with van der Waals surface area (Å²) in [5.41, 5.74) is 2.50. The first kappa shape index (κ1) is 12.2. The molecule has 3 heteroatoms. The monoisotopic (exact) mass is 269 g/mol. The van der Waals surface area contributed by atoms with E-state index in [1.807, 2.05) is 11.8 Å². The summed E-state index contributed by atoms with van der Waals surface area (Å²) >= 11 is 1.82. The minimum absolute atomic E-state index is 0.636. The van der Waals surface area contributed by atoms with Crippen LogP contribution in [0.3, 0.4) is 0 Å². The predicted octanol–water partition coefficient (Wildman–Crippen LogP) is 4.45. The van der Waals surface area contributed by atoms with Crippen LogP contribution in [-0.4, -0.2) is 13.2 Å². The summed E-state index contributed by atoms with van der Waals surface area (Å²) in [6.45, 7) is 5.04. The first-order valence-corrected chi connectivity index (χ1v) is 7.08. The number of hydrogen-bond acceptors (Lipinski definition) is 3. The Hall–Kier alpha value is -1.87. The standard InChI is InChI=1S/C16H15NOS/c1-2-18-12-11-17-13-7-3-5-9-15(13)19-16-10-6-4-8-14(16)17/h2-10H,1,11-12H2. The maximum absolute atomic E-state index is 5.28. The van der Waals surface area contributed by atoms with Crippen LogP contribution < -0.4 is 4.90 Å². The topological polar surface area (TPSA) is 12.5 Å². The third-order valence-electron chi connectivity index (χ3n) is 3.08. The summed E-state index contributed by atoms with van der Waals surface area (Å²) in [7, 11) is 0.